The third-order valence-corrected chi connectivity index (χ3v) is 4.99. The molecule has 3 aromatic carbocycles. The van der Waals surface area contributed by atoms with Crippen molar-refractivity contribution < 1.29 is 23.7 Å². The second kappa shape index (κ2) is 8.79. The SMILES string of the molecule is C=Cc1ccc(COc2ccc3c(c2)OC(=Cc2cc(OC)ccc2OC)C3=O)cc1. The minimum Gasteiger partial charge on any atom is -0.497 e. The third-order valence-electron chi connectivity index (χ3n) is 4.99. The molecule has 0 bridgehead atoms. The van der Waals surface area contributed by atoms with Crippen LogP contribution in [0.2, 0.25) is 0 Å². The maximum atomic E-state index is 12.8. The fourth-order valence-corrected chi connectivity index (χ4v) is 3.27. The molecule has 5 nitrogen and oxygen atoms in total. The van der Waals surface area contributed by atoms with Gasteiger partial charge in [0.1, 0.15) is 29.6 Å². The first kappa shape index (κ1) is 20.3. The lowest BCUT2D eigenvalue weighted by atomic mass is 10.1. The number of benzene rings is 3. The van der Waals surface area contributed by atoms with Gasteiger partial charge in [0.2, 0.25) is 5.78 Å². The summed E-state index contributed by atoms with van der Waals surface area (Å²) in [6.07, 6.45) is 3.46. The van der Waals surface area contributed by atoms with E-state index in [1.54, 1.807) is 62.8 Å². The van der Waals surface area contributed by atoms with Crippen LogP contribution in [0.5, 0.6) is 23.0 Å². The van der Waals surface area contributed by atoms with Crippen molar-refractivity contribution in [3.05, 3.63) is 95.3 Å². The van der Waals surface area contributed by atoms with Crippen LogP contribution in [0.3, 0.4) is 0 Å². The molecule has 0 saturated carbocycles. The molecule has 0 N–H and O–H groups in total. The second-order valence-electron chi connectivity index (χ2n) is 6.94. The summed E-state index contributed by atoms with van der Waals surface area (Å²) in [5, 5.41) is 0. The lowest BCUT2D eigenvalue weighted by Crippen LogP contribution is -1.99. The van der Waals surface area contributed by atoms with E-state index in [1.807, 2.05) is 24.3 Å². The van der Waals surface area contributed by atoms with Crippen LogP contribution in [0.4, 0.5) is 0 Å². The molecule has 31 heavy (non-hydrogen) atoms. The highest BCUT2D eigenvalue weighted by molar-refractivity contribution is 6.14. The monoisotopic (exact) mass is 414 g/mol. The average Bonchev–Trinajstić information content (AvgIpc) is 3.12. The van der Waals surface area contributed by atoms with E-state index in [2.05, 4.69) is 6.58 Å². The Bertz CT molecular complexity index is 1160. The number of fused-ring (bicyclic) bond motifs is 1. The van der Waals surface area contributed by atoms with E-state index < -0.39 is 0 Å². The van der Waals surface area contributed by atoms with Gasteiger partial charge in [-0.15, -0.1) is 0 Å². The summed E-state index contributed by atoms with van der Waals surface area (Å²) >= 11 is 0. The second-order valence-corrected chi connectivity index (χ2v) is 6.94. The number of hydrogen-bond donors (Lipinski definition) is 0. The summed E-state index contributed by atoms with van der Waals surface area (Å²) < 4.78 is 22.4. The lowest BCUT2D eigenvalue weighted by molar-refractivity contribution is 0.101. The van der Waals surface area contributed by atoms with Crippen LogP contribution in [0.15, 0.2) is 73.0 Å². The maximum Gasteiger partial charge on any atom is 0.231 e. The average molecular weight is 414 g/mol. The summed E-state index contributed by atoms with van der Waals surface area (Å²) in [5.74, 6) is 2.40. The van der Waals surface area contributed by atoms with Crippen molar-refractivity contribution in [1.82, 2.24) is 0 Å². The number of ether oxygens (including phenoxy) is 4. The number of allylic oxidation sites excluding steroid dienone is 1. The maximum absolute atomic E-state index is 12.8. The van der Waals surface area contributed by atoms with Crippen molar-refractivity contribution in [2.75, 3.05) is 14.2 Å². The normalized spacial score (nSPS) is 13.5. The van der Waals surface area contributed by atoms with Crippen LogP contribution in [-0.4, -0.2) is 20.0 Å². The molecule has 5 heteroatoms. The van der Waals surface area contributed by atoms with E-state index in [-0.39, 0.29) is 11.5 Å². The molecule has 0 amide bonds. The van der Waals surface area contributed by atoms with E-state index in [0.717, 1.165) is 11.1 Å². The van der Waals surface area contributed by atoms with Gasteiger partial charge in [-0.05, 0) is 47.5 Å². The van der Waals surface area contributed by atoms with Crippen LogP contribution in [0.25, 0.3) is 12.2 Å². The van der Waals surface area contributed by atoms with Crippen molar-refractivity contribution in [3.8, 4) is 23.0 Å². The van der Waals surface area contributed by atoms with Crippen molar-refractivity contribution in [2.45, 2.75) is 6.61 Å². The van der Waals surface area contributed by atoms with Crippen molar-refractivity contribution in [2.24, 2.45) is 0 Å². The van der Waals surface area contributed by atoms with Gasteiger partial charge in [0.15, 0.2) is 5.76 Å². The Morgan fingerprint density at radius 2 is 1.71 bits per heavy atom. The number of hydrogen-bond acceptors (Lipinski definition) is 5. The number of carbonyl (C=O) groups is 1. The Balaban J connectivity index is 1.52. The zero-order valence-electron chi connectivity index (χ0n) is 17.4. The standard InChI is InChI=1S/C26H22O5/c1-4-17-5-7-18(8-6-17)16-30-21-9-11-22-24(15-21)31-25(26(22)27)14-19-13-20(28-2)10-12-23(19)29-3/h4-15H,1,16H2,2-3H3. The van der Waals surface area contributed by atoms with Gasteiger partial charge < -0.3 is 18.9 Å². The smallest absolute Gasteiger partial charge is 0.231 e. The summed E-state index contributed by atoms with van der Waals surface area (Å²) in [6.45, 7) is 4.16. The predicted octanol–water partition coefficient (Wildman–Crippen LogP) is 5.54. The Labute approximate surface area is 181 Å². The third kappa shape index (κ3) is 4.31. The highest BCUT2D eigenvalue weighted by Gasteiger charge is 2.28. The van der Waals surface area contributed by atoms with E-state index in [4.69, 9.17) is 18.9 Å². The molecule has 1 heterocycles. The van der Waals surface area contributed by atoms with Gasteiger partial charge in [-0.25, -0.2) is 0 Å². The van der Waals surface area contributed by atoms with Crippen LogP contribution < -0.4 is 18.9 Å². The molecule has 1 aliphatic heterocycles. The molecule has 0 aromatic heterocycles. The Hall–Kier alpha value is -3.99. The Morgan fingerprint density at radius 1 is 0.935 bits per heavy atom. The minimum absolute atomic E-state index is 0.188. The number of Topliss-reactive ketones (excluding diaryl/α,β-unsaturated/α-hetero) is 1. The molecule has 3 aromatic rings. The molecule has 0 spiro atoms. The largest absolute Gasteiger partial charge is 0.497 e. The number of rotatable bonds is 7. The number of methoxy groups -OCH3 is 2. The van der Waals surface area contributed by atoms with Gasteiger partial charge in [-0.2, -0.15) is 0 Å². The van der Waals surface area contributed by atoms with Crippen LogP contribution in [-0.2, 0) is 6.61 Å². The summed E-state index contributed by atoms with van der Waals surface area (Å²) in [5.41, 5.74) is 3.28. The molecule has 1 aliphatic rings. The molecule has 156 valence electrons. The van der Waals surface area contributed by atoms with E-state index in [1.165, 1.54) is 0 Å². The molecule has 4 rings (SSSR count). The van der Waals surface area contributed by atoms with Crippen LogP contribution in [0, 0.1) is 0 Å². The molecule has 0 aliphatic carbocycles. The molecular weight excluding hydrogens is 392 g/mol. The zero-order chi connectivity index (χ0) is 21.8. The first-order chi connectivity index (χ1) is 15.1. The van der Waals surface area contributed by atoms with Gasteiger partial charge in [-0.3, -0.25) is 4.79 Å². The number of carbonyl (C=O) groups excluding carboxylic acids is 1. The predicted molar refractivity (Wildman–Crippen MR) is 120 cm³/mol. The fourth-order valence-electron chi connectivity index (χ4n) is 3.27. The van der Waals surface area contributed by atoms with Crippen molar-refractivity contribution >= 4 is 17.9 Å². The first-order valence-electron chi connectivity index (χ1n) is 9.76. The quantitative estimate of drug-likeness (QED) is 0.475. The summed E-state index contributed by atoms with van der Waals surface area (Å²) in [4.78, 5) is 12.8. The fraction of sp³-hybridized carbons (Fsp3) is 0.115. The highest BCUT2D eigenvalue weighted by atomic mass is 16.5. The molecule has 0 atom stereocenters. The van der Waals surface area contributed by atoms with Gasteiger partial charge in [0.05, 0.1) is 19.8 Å². The molecule has 0 unspecified atom stereocenters. The van der Waals surface area contributed by atoms with Gasteiger partial charge in [0.25, 0.3) is 0 Å². The van der Waals surface area contributed by atoms with E-state index >= 15 is 0 Å². The van der Waals surface area contributed by atoms with E-state index in [9.17, 15) is 4.79 Å². The topological polar surface area (TPSA) is 54.0 Å². The Morgan fingerprint density at radius 3 is 2.42 bits per heavy atom. The highest BCUT2D eigenvalue weighted by Crippen LogP contribution is 2.36. The van der Waals surface area contributed by atoms with E-state index in [0.29, 0.717) is 40.7 Å². The first-order valence-corrected chi connectivity index (χ1v) is 9.76. The van der Waals surface area contributed by atoms with Crippen molar-refractivity contribution in [3.63, 3.8) is 0 Å². The van der Waals surface area contributed by atoms with Crippen LogP contribution >= 0.6 is 0 Å². The minimum atomic E-state index is -0.188. The summed E-state index contributed by atoms with van der Waals surface area (Å²) in [7, 11) is 3.16. The Kier molecular flexibility index (Phi) is 5.76. The van der Waals surface area contributed by atoms with Gasteiger partial charge in [-0.1, -0.05) is 36.9 Å². The lowest BCUT2D eigenvalue weighted by Gasteiger charge is -2.08. The zero-order valence-corrected chi connectivity index (χ0v) is 17.4. The molecular formula is C26H22O5. The molecule has 0 fully saturated rings. The number of ketones is 1. The van der Waals surface area contributed by atoms with Gasteiger partial charge in [0, 0.05) is 11.6 Å². The van der Waals surface area contributed by atoms with Gasteiger partial charge >= 0.3 is 0 Å². The molecule has 0 radical (unpaired) electrons. The van der Waals surface area contributed by atoms with Crippen LogP contribution in [0.1, 0.15) is 27.0 Å². The summed E-state index contributed by atoms with van der Waals surface area (Å²) in [6, 6.07) is 18.5. The molecule has 0 saturated heterocycles. The van der Waals surface area contributed by atoms with Crippen molar-refractivity contribution in [1.29, 1.82) is 0 Å².